The fraction of sp³-hybridized carbons (Fsp3) is 0.375. The topological polar surface area (TPSA) is 68.3 Å². The highest BCUT2D eigenvalue weighted by molar-refractivity contribution is 6.03. The summed E-state index contributed by atoms with van der Waals surface area (Å²) in [6.45, 7) is 0.148. The average Bonchev–Trinajstić information content (AvgIpc) is 2.59. The average molecular weight is 320 g/mol. The highest BCUT2D eigenvalue weighted by atomic mass is 16.5. The summed E-state index contributed by atoms with van der Waals surface area (Å²) < 4.78 is 15.0. The summed E-state index contributed by atoms with van der Waals surface area (Å²) in [5, 5.41) is 0. The summed E-state index contributed by atoms with van der Waals surface area (Å²) in [6.07, 6.45) is 0. The Labute approximate surface area is 135 Å². The molecule has 1 aliphatic heterocycles. The van der Waals surface area contributed by atoms with E-state index in [1.54, 1.807) is 4.90 Å². The minimum absolute atomic E-state index is 0.00336. The van der Waals surface area contributed by atoms with Crippen LogP contribution in [0.5, 0.6) is 0 Å². The van der Waals surface area contributed by atoms with Crippen LogP contribution < -0.4 is 9.80 Å². The lowest BCUT2D eigenvalue weighted by Gasteiger charge is -2.31. The maximum absolute atomic E-state index is 12.2. The molecule has 0 bridgehead atoms. The van der Waals surface area contributed by atoms with Crippen molar-refractivity contribution in [1.82, 2.24) is 0 Å². The molecule has 7 heteroatoms. The molecule has 7 nitrogen and oxygen atoms in total. The van der Waals surface area contributed by atoms with E-state index in [2.05, 4.69) is 0 Å². The van der Waals surface area contributed by atoms with Gasteiger partial charge in [-0.2, -0.15) is 0 Å². The van der Waals surface area contributed by atoms with Gasteiger partial charge in [0.1, 0.15) is 12.4 Å². The minimum atomic E-state index is -0.611. The summed E-state index contributed by atoms with van der Waals surface area (Å²) in [5.41, 5.74) is 2.02. The fourth-order valence-corrected chi connectivity index (χ4v) is 2.28. The largest absolute Gasteiger partial charge is 0.466 e. The number of anilines is 2. The number of hydrogen-bond acceptors (Lipinski definition) is 7. The lowest BCUT2D eigenvalue weighted by Crippen LogP contribution is -2.38. The van der Waals surface area contributed by atoms with E-state index in [0.717, 1.165) is 11.4 Å². The van der Waals surface area contributed by atoms with Crippen LogP contribution in [0.15, 0.2) is 35.5 Å². The third-order valence-corrected chi connectivity index (χ3v) is 3.51. The van der Waals surface area contributed by atoms with Gasteiger partial charge in [-0.25, -0.2) is 9.59 Å². The second-order valence-electron chi connectivity index (χ2n) is 5.13. The van der Waals surface area contributed by atoms with Crippen molar-refractivity contribution in [2.24, 2.45) is 0 Å². The minimum Gasteiger partial charge on any atom is -0.466 e. The van der Waals surface area contributed by atoms with Crippen LogP contribution >= 0.6 is 0 Å². The van der Waals surface area contributed by atoms with Gasteiger partial charge >= 0.3 is 11.9 Å². The summed E-state index contributed by atoms with van der Waals surface area (Å²) in [6, 6.07) is 7.52. The Morgan fingerprint density at radius 2 is 1.70 bits per heavy atom. The normalized spacial score (nSPS) is 14.5. The maximum Gasteiger partial charge on any atom is 0.355 e. The van der Waals surface area contributed by atoms with Crippen molar-refractivity contribution in [3.63, 3.8) is 0 Å². The number of rotatable bonds is 4. The molecule has 0 spiro atoms. The van der Waals surface area contributed by atoms with Crippen LogP contribution in [0.2, 0.25) is 0 Å². The quantitative estimate of drug-likeness (QED) is 0.771. The molecule has 0 atom stereocenters. The van der Waals surface area contributed by atoms with E-state index in [0.29, 0.717) is 0 Å². The molecular weight excluding hydrogens is 300 g/mol. The SMILES string of the molecule is COC(=O)C1=C(C(=O)OC)N(c2ccc(N(C)C)cc2)COC1. The van der Waals surface area contributed by atoms with Gasteiger partial charge in [-0.15, -0.1) is 0 Å². The molecule has 0 aliphatic carbocycles. The molecule has 1 aromatic rings. The first-order valence-corrected chi connectivity index (χ1v) is 7.02. The smallest absolute Gasteiger partial charge is 0.355 e. The van der Waals surface area contributed by atoms with E-state index >= 15 is 0 Å². The Kier molecular flexibility index (Phi) is 5.23. The molecule has 0 unspecified atom stereocenters. The summed E-state index contributed by atoms with van der Waals surface area (Å²) in [4.78, 5) is 27.6. The monoisotopic (exact) mass is 320 g/mol. The third kappa shape index (κ3) is 3.45. The molecule has 0 amide bonds. The van der Waals surface area contributed by atoms with Crippen LogP contribution in [-0.4, -0.2) is 53.6 Å². The molecule has 0 fully saturated rings. The Hall–Kier alpha value is -2.54. The zero-order valence-corrected chi connectivity index (χ0v) is 13.7. The number of esters is 2. The van der Waals surface area contributed by atoms with Crippen LogP contribution in [0, 0.1) is 0 Å². The molecule has 0 saturated heterocycles. The molecule has 0 saturated carbocycles. The highest BCUT2D eigenvalue weighted by Crippen LogP contribution is 2.28. The van der Waals surface area contributed by atoms with Gasteiger partial charge in [0.15, 0.2) is 0 Å². The van der Waals surface area contributed by atoms with Gasteiger partial charge in [-0.05, 0) is 24.3 Å². The van der Waals surface area contributed by atoms with Gasteiger partial charge in [0.05, 0.1) is 26.4 Å². The Morgan fingerprint density at radius 3 is 2.22 bits per heavy atom. The van der Waals surface area contributed by atoms with Crippen molar-refractivity contribution in [2.75, 3.05) is 51.5 Å². The van der Waals surface area contributed by atoms with Crippen LogP contribution in [0.3, 0.4) is 0 Å². The molecule has 1 aliphatic rings. The van der Waals surface area contributed by atoms with Crippen molar-refractivity contribution in [3.8, 4) is 0 Å². The lowest BCUT2D eigenvalue weighted by atomic mass is 10.1. The molecule has 1 heterocycles. The predicted octanol–water partition coefficient (Wildman–Crippen LogP) is 1.15. The number of hydrogen-bond donors (Lipinski definition) is 0. The zero-order chi connectivity index (χ0) is 17.0. The lowest BCUT2D eigenvalue weighted by molar-refractivity contribution is -0.140. The number of carbonyl (C=O) groups is 2. The van der Waals surface area contributed by atoms with Crippen molar-refractivity contribution in [1.29, 1.82) is 0 Å². The van der Waals surface area contributed by atoms with Crippen molar-refractivity contribution >= 4 is 23.3 Å². The second kappa shape index (κ2) is 7.15. The first-order valence-electron chi connectivity index (χ1n) is 7.02. The van der Waals surface area contributed by atoms with Gasteiger partial charge in [-0.1, -0.05) is 0 Å². The molecule has 124 valence electrons. The third-order valence-electron chi connectivity index (χ3n) is 3.51. The van der Waals surface area contributed by atoms with Crippen LogP contribution in [0.4, 0.5) is 11.4 Å². The maximum atomic E-state index is 12.2. The Morgan fingerprint density at radius 1 is 1.09 bits per heavy atom. The molecule has 23 heavy (non-hydrogen) atoms. The highest BCUT2D eigenvalue weighted by Gasteiger charge is 2.32. The molecule has 0 N–H and O–H groups in total. The zero-order valence-electron chi connectivity index (χ0n) is 13.7. The van der Waals surface area contributed by atoms with Crippen molar-refractivity contribution in [3.05, 3.63) is 35.5 Å². The molecule has 2 rings (SSSR count). The summed E-state index contributed by atoms with van der Waals surface area (Å²) >= 11 is 0. The first kappa shape index (κ1) is 16.8. The van der Waals surface area contributed by atoms with Gasteiger partial charge in [0, 0.05) is 25.5 Å². The fourth-order valence-electron chi connectivity index (χ4n) is 2.28. The van der Waals surface area contributed by atoms with E-state index in [1.807, 2.05) is 43.3 Å². The number of methoxy groups -OCH3 is 2. The van der Waals surface area contributed by atoms with Crippen molar-refractivity contribution in [2.45, 2.75) is 0 Å². The number of carbonyl (C=O) groups excluding carboxylic acids is 2. The van der Waals surface area contributed by atoms with Gasteiger partial charge < -0.3 is 24.0 Å². The molecule has 0 radical (unpaired) electrons. The number of benzene rings is 1. The van der Waals surface area contributed by atoms with Crippen LogP contribution in [-0.2, 0) is 23.8 Å². The van der Waals surface area contributed by atoms with E-state index in [-0.39, 0.29) is 24.6 Å². The summed E-state index contributed by atoms with van der Waals surface area (Å²) in [5.74, 6) is -1.22. The molecule has 0 aromatic heterocycles. The van der Waals surface area contributed by atoms with E-state index in [4.69, 9.17) is 14.2 Å². The van der Waals surface area contributed by atoms with Gasteiger partial charge in [-0.3, -0.25) is 0 Å². The second-order valence-corrected chi connectivity index (χ2v) is 5.13. The number of nitrogens with zero attached hydrogens (tertiary/aromatic N) is 2. The Balaban J connectivity index is 2.46. The van der Waals surface area contributed by atoms with Crippen LogP contribution in [0.25, 0.3) is 0 Å². The van der Waals surface area contributed by atoms with E-state index < -0.39 is 11.9 Å². The Bertz CT molecular complexity index is 622. The van der Waals surface area contributed by atoms with E-state index in [9.17, 15) is 9.59 Å². The number of ether oxygens (including phenoxy) is 3. The van der Waals surface area contributed by atoms with Crippen LogP contribution in [0.1, 0.15) is 0 Å². The van der Waals surface area contributed by atoms with Crippen molar-refractivity contribution < 1.29 is 23.8 Å². The first-order chi connectivity index (χ1) is 11.0. The van der Waals surface area contributed by atoms with Gasteiger partial charge in [0.25, 0.3) is 0 Å². The molecule has 1 aromatic carbocycles. The van der Waals surface area contributed by atoms with Gasteiger partial charge in [0.2, 0.25) is 0 Å². The summed E-state index contributed by atoms with van der Waals surface area (Å²) in [7, 11) is 6.41. The standard InChI is InChI=1S/C16H20N2O5/c1-17(2)11-5-7-12(8-6-11)18-10-23-9-13(15(19)21-3)14(18)16(20)22-4/h5-8H,9-10H2,1-4H3. The molecular formula is C16H20N2O5. The van der Waals surface area contributed by atoms with E-state index in [1.165, 1.54) is 14.2 Å². The predicted molar refractivity (Wildman–Crippen MR) is 85.1 cm³/mol.